The first-order valence-corrected chi connectivity index (χ1v) is 6.45. The first kappa shape index (κ1) is 15.9. The Hall–Kier alpha value is -2.18. The Labute approximate surface area is 116 Å². The monoisotopic (exact) mass is 281 g/mol. The molecule has 0 saturated carbocycles. The average Bonchev–Trinajstić information content (AvgIpc) is 2.33. The molecule has 1 aromatic heterocycles. The first-order chi connectivity index (χ1) is 9.40. The Morgan fingerprint density at radius 3 is 2.60 bits per heavy atom. The number of aromatic amines is 1. The van der Waals surface area contributed by atoms with Crippen molar-refractivity contribution in [3.8, 4) is 0 Å². The fourth-order valence-electron chi connectivity index (χ4n) is 1.87. The van der Waals surface area contributed by atoms with Crippen molar-refractivity contribution in [3.05, 3.63) is 27.4 Å². The summed E-state index contributed by atoms with van der Waals surface area (Å²) in [5.74, 6) is -0.998. The number of carbonyl (C=O) groups is 2. The number of aromatic nitrogens is 2. The van der Waals surface area contributed by atoms with Crippen LogP contribution in [0, 0.1) is 13.8 Å². The minimum absolute atomic E-state index is 0.109. The third-order valence-electron chi connectivity index (χ3n) is 2.93. The molecule has 1 heterocycles. The summed E-state index contributed by atoms with van der Waals surface area (Å²) in [6.07, 6.45) is 1.42. The maximum atomic E-state index is 11.8. The molecule has 0 aliphatic heterocycles. The molecule has 7 nitrogen and oxygen atoms in total. The summed E-state index contributed by atoms with van der Waals surface area (Å²) in [5, 5.41) is 11.2. The quantitative estimate of drug-likeness (QED) is 0.622. The van der Waals surface area contributed by atoms with Crippen LogP contribution in [-0.2, 0) is 16.0 Å². The summed E-state index contributed by atoms with van der Waals surface area (Å²) in [5.41, 5.74) is 1.49. The van der Waals surface area contributed by atoms with E-state index < -0.39 is 11.7 Å². The highest BCUT2D eigenvalue weighted by atomic mass is 16.4. The molecular formula is C13H19N3O4. The molecule has 0 radical (unpaired) electrons. The number of aliphatic carboxylic acids is 1. The van der Waals surface area contributed by atoms with Gasteiger partial charge in [0, 0.05) is 29.9 Å². The molecule has 0 atom stereocenters. The minimum atomic E-state index is -0.832. The Bertz CT molecular complexity index is 525. The maximum Gasteiger partial charge on any atom is 0.345 e. The van der Waals surface area contributed by atoms with Crippen molar-refractivity contribution in [2.75, 3.05) is 6.54 Å². The van der Waals surface area contributed by atoms with E-state index >= 15 is 0 Å². The van der Waals surface area contributed by atoms with Crippen molar-refractivity contribution in [2.24, 2.45) is 0 Å². The van der Waals surface area contributed by atoms with Crippen molar-refractivity contribution < 1.29 is 14.7 Å². The third-order valence-corrected chi connectivity index (χ3v) is 2.93. The maximum absolute atomic E-state index is 11.8. The van der Waals surface area contributed by atoms with Crippen LogP contribution in [0.15, 0.2) is 4.79 Å². The number of hydrogen-bond acceptors (Lipinski definition) is 4. The van der Waals surface area contributed by atoms with Crippen LogP contribution in [-0.4, -0.2) is 33.5 Å². The van der Waals surface area contributed by atoms with Gasteiger partial charge in [-0.2, -0.15) is 4.98 Å². The lowest BCUT2D eigenvalue weighted by molar-refractivity contribution is -0.137. The van der Waals surface area contributed by atoms with Crippen LogP contribution in [0.5, 0.6) is 0 Å². The highest BCUT2D eigenvalue weighted by Crippen LogP contribution is 2.07. The first-order valence-electron chi connectivity index (χ1n) is 6.45. The van der Waals surface area contributed by atoms with Gasteiger partial charge in [0.2, 0.25) is 5.91 Å². The summed E-state index contributed by atoms with van der Waals surface area (Å²) in [4.78, 5) is 39.5. The lowest BCUT2D eigenvalue weighted by Gasteiger charge is -2.08. The van der Waals surface area contributed by atoms with Gasteiger partial charge >= 0.3 is 11.7 Å². The largest absolute Gasteiger partial charge is 0.481 e. The molecule has 20 heavy (non-hydrogen) atoms. The van der Waals surface area contributed by atoms with Crippen molar-refractivity contribution >= 4 is 11.9 Å². The lowest BCUT2D eigenvalue weighted by atomic mass is 10.1. The van der Waals surface area contributed by atoms with Gasteiger partial charge in [-0.1, -0.05) is 0 Å². The molecule has 1 amide bonds. The second-order valence-corrected chi connectivity index (χ2v) is 4.61. The van der Waals surface area contributed by atoms with Gasteiger partial charge in [-0.3, -0.25) is 9.59 Å². The molecule has 0 saturated heterocycles. The van der Waals surface area contributed by atoms with Gasteiger partial charge in [-0.25, -0.2) is 4.79 Å². The van der Waals surface area contributed by atoms with E-state index in [1.165, 1.54) is 0 Å². The number of H-pyrrole nitrogens is 1. The molecule has 1 aromatic rings. The number of nitrogens with one attached hydrogen (secondary N) is 2. The zero-order chi connectivity index (χ0) is 15.1. The number of carbonyl (C=O) groups excluding carboxylic acids is 1. The van der Waals surface area contributed by atoms with Crippen LogP contribution in [0.25, 0.3) is 0 Å². The molecule has 0 unspecified atom stereocenters. The predicted octanol–water partition coefficient (Wildman–Crippen LogP) is 0.300. The molecule has 0 aliphatic carbocycles. The van der Waals surface area contributed by atoms with Gasteiger partial charge in [0.1, 0.15) is 0 Å². The molecular weight excluding hydrogens is 262 g/mol. The van der Waals surface area contributed by atoms with E-state index in [1.807, 2.05) is 0 Å². The lowest BCUT2D eigenvalue weighted by Crippen LogP contribution is -2.28. The minimum Gasteiger partial charge on any atom is -0.481 e. The van der Waals surface area contributed by atoms with E-state index in [0.717, 1.165) is 0 Å². The topological polar surface area (TPSA) is 112 Å². The highest BCUT2D eigenvalue weighted by molar-refractivity contribution is 5.79. The van der Waals surface area contributed by atoms with Gasteiger partial charge in [0.05, 0.1) is 6.42 Å². The molecule has 3 N–H and O–H groups in total. The van der Waals surface area contributed by atoms with Gasteiger partial charge in [-0.15, -0.1) is 0 Å². The summed E-state index contributed by atoms with van der Waals surface area (Å²) in [6.45, 7) is 3.87. The highest BCUT2D eigenvalue weighted by Gasteiger charge is 2.10. The molecule has 0 spiro atoms. The summed E-state index contributed by atoms with van der Waals surface area (Å²) in [6, 6.07) is 0. The smallest absolute Gasteiger partial charge is 0.345 e. The number of aryl methyl sites for hydroxylation is 2. The molecule has 0 fully saturated rings. The zero-order valence-electron chi connectivity index (χ0n) is 11.7. The van der Waals surface area contributed by atoms with Gasteiger partial charge in [0.15, 0.2) is 0 Å². The number of rotatable bonds is 7. The molecule has 1 rings (SSSR count). The van der Waals surface area contributed by atoms with E-state index in [2.05, 4.69) is 15.3 Å². The predicted molar refractivity (Wildman–Crippen MR) is 72.5 cm³/mol. The van der Waals surface area contributed by atoms with Crippen LogP contribution in [0.3, 0.4) is 0 Å². The number of amides is 1. The summed E-state index contributed by atoms with van der Waals surface area (Å²) in [7, 11) is 0. The summed E-state index contributed by atoms with van der Waals surface area (Å²) >= 11 is 0. The zero-order valence-corrected chi connectivity index (χ0v) is 11.7. The van der Waals surface area contributed by atoms with Crippen molar-refractivity contribution in [1.82, 2.24) is 15.3 Å². The van der Waals surface area contributed by atoms with Crippen LogP contribution in [0.2, 0.25) is 0 Å². The van der Waals surface area contributed by atoms with Crippen molar-refractivity contribution in [3.63, 3.8) is 0 Å². The fourth-order valence-corrected chi connectivity index (χ4v) is 1.87. The molecule has 0 aromatic carbocycles. The Morgan fingerprint density at radius 1 is 1.30 bits per heavy atom. The number of carboxylic acid groups (broad SMARTS) is 1. The van der Waals surface area contributed by atoms with Crippen LogP contribution < -0.4 is 11.0 Å². The van der Waals surface area contributed by atoms with Gasteiger partial charge in [-0.05, 0) is 26.7 Å². The van der Waals surface area contributed by atoms with Gasteiger partial charge < -0.3 is 15.4 Å². The fraction of sp³-hybridized carbons (Fsp3) is 0.538. The number of nitrogens with zero attached hydrogens (tertiary/aromatic N) is 1. The van der Waals surface area contributed by atoms with Crippen molar-refractivity contribution in [2.45, 2.75) is 39.5 Å². The SMILES string of the molecule is Cc1nc(=O)[nH]c(C)c1CC(=O)NCCCCC(=O)O. The summed E-state index contributed by atoms with van der Waals surface area (Å²) < 4.78 is 0. The van der Waals surface area contributed by atoms with E-state index in [4.69, 9.17) is 5.11 Å². The van der Waals surface area contributed by atoms with E-state index in [9.17, 15) is 14.4 Å². The van der Waals surface area contributed by atoms with Crippen LogP contribution in [0.4, 0.5) is 0 Å². The molecule has 110 valence electrons. The van der Waals surface area contributed by atoms with Crippen LogP contribution >= 0.6 is 0 Å². The molecule has 0 aliphatic rings. The average molecular weight is 281 g/mol. The Kier molecular flexibility index (Phi) is 5.89. The standard InChI is InChI=1S/C13H19N3O4/c1-8-10(9(2)16-13(20)15-8)7-11(17)14-6-4-3-5-12(18)19/h3-7H2,1-2H3,(H,14,17)(H,18,19)(H,15,16,20). The second-order valence-electron chi connectivity index (χ2n) is 4.61. The molecule has 0 bridgehead atoms. The third kappa shape index (κ3) is 5.21. The second kappa shape index (κ2) is 7.42. The Morgan fingerprint density at radius 2 is 2.00 bits per heavy atom. The van der Waals surface area contributed by atoms with E-state index in [-0.39, 0.29) is 18.7 Å². The number of carboxylic acids is 1. The van der Waals surface area contributed by atoms with Gasteiger partial charge in [0.25, 0.3) is 0 Å². The molecule has 7 heteroatoms. The van der Waals surface area contributed by atoms with Crippen molar-refractivity contribution in [1.29, 1.82) is 0 Å². The number of hydrogen-bond donors (Lipinski definition) is 3. The number of unbranched alkanes of at least 4 members (excludes halogenated alkanes) is 1. The van der Waals surface area contributed by atoms with E-state index in [0.29, 0.717) is 36.3 Å². The Balaban J connectivity index is 2.43. The normalized spacial score (nSPS) is 10.3. The van der Waals surface area contributed by atoms with Crippen LogP contribution in [0.1, 0.15) is 36.2 Å². The van der Waals surface area contributed by atoms with E-state index in [1.54, 1.807) is 13.8 Å².